The van der Waals surface area contributed by atoms with Crippen molar-refractivity contribution in [3.8, 4) is 5.75 Å². The van der Waals surface area contributed by atoms with E-state index < -0.39 is 17.9 Å². The molecule has 0 unspecified atom stereocenters. The third kappa shape index (κ3) is 5.03. The van der Waals surface area contributed by atoms with Crippen molar-refractivity contribution in [1.29, 1.82) is 0 Å². The fraction of sp³-hybridized carbons (Fsp3) is 0.444. The molecule has 1 amide bonds. The summed E-state index contributed by atoms with van der Waals surface area (Å²) in [6, 6.07) is 14.7. The SMILES string of the molecule is CCOC(=O)[C@H]1C(=O)N(CCOC)c2nc3ccccc3n2[C@H]1c1ccc(OCCC(C)C)cc1. The van der Waals surface area contributed by atoms with Crippen molar-refractivity contribution < 1.29 is 23.8 Å². The number of nitrogens with zero attached hydrogens (tertiary/aromatic N) is 3. The lowest BCUT2D eigenvalue weighted by Gasteiger charge is -2.37. The molecule has 8 heteroatoms. The van der Waals surface area contributed by atoms with Gasteiger partial charge in [-0.15, -0.1) is 0 Å². The topological polar surface area (TPSA) is 82.9 Å². The van der Waals surface area contributed by atoms with E-state index in [2.05, 4.69) is 13.8 Å². The van der Waals surface area contributed by atoms with Crippen LogP contribution in [-0.2, 0) is 19.1 Å². The third-order valence-corrected chi connectivity index (χ3v) is 6.19. The van der Waals surface area contributed by atoms with Crippen molar-refractivity contribution in [2.75, 3.05) is 38.4 Å². The van der Waals surface area contributed by atoms with Crippen LogP contribution in [0, 0.1) is 11.8 Å². The standard InChI is InChI=1S/C27H33N3O5/c1-5-34-26(32)23-24(19-10-12-20(13-11-19)35-16-14-18(2)3)30-22-9-7-6-8-21(22)28-27(30)29(25(23)31)15-17-33-4/h6-13,18,23-24H,5,14-17H2,1-4H3/t23-,24+/m1/s1. The number of ether oxygens (including phenoxy) is 3. The van der Waals surface area contributed by atoms with Crippen molar-refractivity contribution in [3.63, 3.8) is 0 Å². The van der Waals surface area contributed by atoms with Crippen LogP contribution < -0.4 is 9.64 Å². The number of hydrogen-bond acceptors (Lipinski definition) is 6. The van der Waals surface area contributed by atoms with Crippen molar-refractivity contribution in [2.45, 2.75) is 33.2 Å². The molecule has 1 aliphatic heterocycles. The summed E-state index contributed by atoms with van der Waals surface area (Å²) in [5.41, 5.74) is 2.40. The van der Waals surface area contributed by atoms with Crippen LogP contribution in [0.5, 0.6) is 5.75 Å². The molecule has 0 fully saturated rings. The molecule has 1 aromatic heterocycles. The summed E-state index contributed by atoms with van der Waals surface area (Å²) in [6.07, 6.45) is 0.964. The summed E-state index contributed by atoms with van der Waals surface area (Å²) < 4.78 is 18.5. The van der Waals surface area contributed by atoms with Crippen LogP contribution in [0.4, 0.5) is 5.95 Å². The second kappa shape index (κ2) is 10.9. The van der Waals surface area contributed by atoms with Gasteiger partial charge in [0.15, 0.2) is 5.92 Å². The van der Waals surface area contributed by atoms with Gasteiger partial charge in [0.25, 0.3) is 0 Å². The second-order valence-electron chi connectivity index (χ2n) is 9.03. The largest absolute Gasteiger partial charge is 0.494 e. The Labute approximate surface area is 205 Å². The summed E-state index contributed by atoms with van der Waals surface area (Å²) in [7, 11) is 1.58. The van der Waals surface area contributed by atoms with Gasteiger partial charge in [-0.1, -0.05) is 38.1 Å². The minimum Gasteiger partial charge on any atom is -0.494 e. The molecule has 3 aromatic rings. The first-order chi connectivity index (χ1) is 17.0. The highest BCUT2D eigenvalue weighted by Crippen LogP contribution is 2.41. The van der Waals surface area contributed by atoms with Gasteiger partial charge in [0.2, 0.25) is 11.9 Å². The molecule has 4 rings (SSSR count). The number of para-hydroxylation sites is 2. The highest BCUT2D eigenvalue weighted by molar-refractivity contribution is 6.08. The molecule has 35 heavy (non-hydrogen) atoms. The van der Waals surface area contributed by atoms with Gasteiger partial charge in [0.1, 0.15) is 5.75 Å². The molecule has 1 aliphatic rings. The molecule has 8 nitrogen and oxygen atoms in total. The Hall–Kier alpha value is -3.39. The van der Waals surface area contributed by atoms with Crippen LogP contribution in [0.3, 0.4) is 0 Å². The number of hydrogen-bond donors (Lipinski definition) is 0. The van der Waals surface area contributed by atoms with Crippen LogP contribution in [0.1, 0.15) is 38.8 Å². The number of anilines is 1. The van der Waals surface area contributed by atoms with Crippen LogP contribution in [-0.4, -0.2) is 54.9 Å². The monoisotopic (exact) mass is 479 g/mol. The van der Waals surface area contributed by atoms with Crippen molar-refractivity contribution in [1.82, 2.24) is 9.55 Å². The maximum atomic E-state index is 13.7. The predicted octanol–water partition coefficient (Wildman–Crippen LogP) is 4.22. The molecule has 0 N–H and O–H groups in total. The molecule has 0 saturated carbocycles. The van der Waals surface area contributed by atoms with E-state index in [1.807, 2.05) is 53.1 Å². The van der Waals surface area contributed by atoms with Crippen LogP contribution in [0.2, 0.25) is 0 Å². The lowest BCUT2D eigenvalue weighted by Crippen LogP contribution is -2.51. The van der Waals surface area contributed by atoms with Gasteiger partial charge in [0, 0.05) is 7.11 Å². The van der Waals surface area contributed by atoms with Crippen molar-refractivity contribution in [3.05, 3.63) is 54.1 Å². The average molecular weight is 480 g/mol. The number of fused-ring (bicyclic) bond motifs is 3. The number of imidazole rings is 1. The molecule has 2 aromatic carbocycles. The summed E-state index contributed by atoms with van der Waals surface area (Å²) in [5, 5.41) is 0. The number of carbonyl (C=O) groups is 2. The van der Waals surface area contributed by atoms with Crippen LogP contribution >= 0.6 is 0 Å². The maximum Gasteiger partial charge on any atom is 0.321 e. The number of aromatic nitrogens is 2. The molecule has 0 spiro atoms. The molecule has 0 bridgehead atoms. The van der Waals surface area contributed by atoms with Gasteiger partial charge >= 0.3 is 5.97 Å². The van der Waals surface area contributed by atoms with E-state index in [0.29, 0.717) is 25.1 Å². The molecule has 2 atom stereocenters. The van der Waals surface area contributed by atoms with E-state index >= 15 is 0 Å². The van der Waals surface area contributed by atoms with Crippen molar-refractivity contribution >= 4 is 28.9 Å². The quantitative estimate of drug-likeness (QED) is 0.320. The molecule has 186 valence electrons. The fourth-order valence-electron chi connectivity index (χ4n) is 4.42. The minimum atomic E-state index is -1.05. The Morgan fingerprint density at radius 2 is 1.83 bits per heavy atom. The summed E-state index contributed by atoms with van der Waals surface area (Å²) in [6.45, 7) is 7.48. The Balaban J connectivity index is 1.81. The molecule has 0 saturated heterocycles. The van der Waals surface area contributed by atoms with E-state index in [1.165, 1.54) is 4.90 Å². The zero-order valence-electron chi connectivity index (χ0n) is 20.8. The third-order valence-electron chi connectivity index (χ3n) is 6.19. The molecule has 2 heterocycles. The zero-order valence-corrected chi connectivity index (χ0v) is 20.8. The summed E-state index contributed by atoms with van der Waals surface area (Å²) in [5.74, 6) is -0.139. The maximum absolute atomic E-state index is 13.7. The number of carbonyl (C=O) groups excluding carboxylic acids is 2. The summed E-state index contributed by atoms with van der Waals surface area (Å²) in [4.78, 5) is 33.2. The predicted molar refractivity (Wildman–Crippen MR) is 134 cm³/mol. The Kier molecular flexibility index (Phi) is 7.70. The molecule has 0 aliphatic carbocycles. The summed E-state index contributed by atoms with van der Waals surface area (Å²) >= 11 is 0. The minimum absolute atomic E-state index is 0.188. The Morgan fingerprint density at radius 3 is 2.51 bits per heavy atom. The van der Waals surface area contributed by atoms with Gasteiger partial charge in [-0.05, 0) is 49.1 Å². The first-order valence-corrected chi connectivity index (χ1v) is 12.1. The number of rotatable bonds is 10. The lowest BCUT2D eigenvalue weighted by molar-refractivity contribution is -0.153. The Bertz CT molecular complexity index is 1170. The average Bonchev–Trinajstić information content (AvgIpc) is 3.22. The second-order valence-corrected chi connectivity index (χ2v) is 9.03. The van der Waals surface area contributed by atoms with Crippen molar-refractivity contribution in [2.24, 2.45) is 11.8 Å². The normalized spacial score (nSPS) is 17.6. The number of esters is 1. The van der Waals surface area contributed by atoms with Gasteiger partial charge in [-0.25, -0.2) is 4.98 Å². The van der Waals surface area contributed by atoms with Crippen LogP contribution in [0.15, 0.2) is 48.5 Å². The zero-order chi connectivity index (χ0) is 24.9. The molecular weight excluding hydrogens is 446 g/mol. The Morgan fingerprint density at radius 1 is 1.09 bits per heavy atom. The highest BCUT2D eigenvalue weighted by Gasteiger charge is 2.47. The molecule has 0 radical (unpaired) electrons. The van der Waals surface area contributed by atoms with Gasteiger partial charge in [-0.3, -0.25) is 14.5 Å². The number of benzene rings is 2. The molecular formula is C27H33N3O5. The van der Waals surface area contributed by atoms with Gasteiger partial charge in [0.05, 0.1) is 43.4 Å². The van der Waals surface area contributed by atoms with Gasteiger partial charge in [-0.2, -0.15) is 0 Å². The smallest absolute Gasteiger partial charge is 0.321 e. The van der Waals surface area contributed by atoms with E-state index in [9.17, 15) is 9.59 Å². The van der Waals surface area contributed by atoms with E-state index in [0.717, 1.165) is 28.8 Å². The van der Waals surface area contributed by atoms with Gasteiger partial charge < -0.3 is 18.8 Å². The first kappa shape index (κ1) is 24.7. The van der Waals surface area contributed by atoms with E-state index in [-0.39, 0.29) is 19.1 Å². The number of amides is 1. The highest BCUT2D eigenvalue weighted by atomic mass is 16.5. The number of methoxy groups -OCH3 is 1. The van der Waals surface area contributed by atoms with E-state index in [4.69, 9.17) is 19.2 Å². The lowest BCUT2D eigenvalue weighted by atomic mass is 9.89. The first-order valence-electron chi connectivity index (χ1n) is 12.1. The fourth-order valence-corrected chi connectivity index (χ4v) is 4.42. The van der Waals surface area contributed by atoms with E-state index in [1.54, 1.807) is 14.0 Å². The van der Waals surface area contributed by atoms with Crippen LogP contribution in [0.25, 0.3) is 11.0 Å².